The number of aromatic nitrogens is 3. The van der Waals surface area contributed by atoms with E-state index in [0.717, 1.165) is 17.5 Å². The first kappa shape index (κ1) is 11.2. The fourth-order valence-corrected chi connectivity index (χ4v) is 2.14. The van der Waals surface area contributed by atoms with Gasteiger partial charge in [-0.05, 0) is 0 Å². The Kier molecular flexibility index (Phi) is 3.62. The second-order valence-corrected chi connectivity index (χ2v) is 4.29. The van der Waals surface area contributed by atoms with Crippen LogP contribution in [0, 0.1) is 0 Å². The maximum absolute atomic E-state index is 5.12. The van der Waals surface area contributed by atoms with Gasteiger partial charge < -0.3 is 0 Å². The number of benzene rings is 1. The molecule has 0 spiro atoms. The van der Waals surface area contributed by atoms with Crippen molar-refractivity contribution in [3.05, 3.63) is 41.7 Å². The quantitative estimate of drug-likeness (QED) is 0.764. The summed E-state index contributed by atoms with van der Waals surface area (Å²) in [6, 6.07) is 8.01. The Morgan fingerprint density at radius 1 is 1.31 bits per heavy atom. The van der Waals surface area contributed by atoms with Crippen molar-refractivity contribution in [1.82, 2.24) is 15.0 Å². The zero-order valence-corrected chi connectivity index (χ0v) is 11.6. The van der Waals surface area contributed by atoms with E-state index < -0.39 is 0 Å². The van der Waals surface area contributed by atoms with Gasteiger partial charge in [-0.25, -0.2) is 0 Å². The molecule has 2 rings (SSSR count). The van der Waals surface area contributed by atoms with Crippen LogP contribution in [-0.4, -0.2) is 39.0 Å². The summed E-state index contributed by atoms with van der Waals surface area (Å²) >= 11 is 1.67. The van der Waals surface area contributed by atoms with Gasteiger partial charge in [0.1, 0.15) is 0 Å². The zero-order valence-electron chi connectivity index (χ0n) is 9.13. The molecule has 1 aromatic heterocycles. The molecule has 84 valence electrons. The Labute approximate surface area is 103 Å². The second-order valence-electron chi connectivity index (χ2n) is 3.44. The van der Waals surface area contributed by atoms with Crippen molar-refractivity contribution in [2.24, 2.45) is 0 Å². The predicted octanol–water partition coefficient (Wildman–Crippen LogP) is 0.468. The first-order chi connectivity index (χ1) is 7.83. The summed E-state index contributed by atoms with van der Waals surface area (Å²) in [6.07, 6.45) is 1.82. The van der Waals surface area contributed by atoms with Gasteiger partial charge in [0.15, 0.2) is 0 Å². The molecule has 0 saturated heterocycles. The van der Waals surface area contributed by atoms with Gasteiger partial charge in [0, 0.05) is 0 Å². The van der Waals surface area contributed by atoms with E-state index in [1.807, 2.05) is 35.1 Å². The van der Waals surface area contributed by atoms with E-state index in [9.17, 15) is 0 Å². The van der Waals surface area contributed by atoms with E-state index in [4.69, 9.17) is 4.74 Å². The topological polar surface area (TPSA) is 39.9 Å². The van der Waals surface area contributed by atoms with Crippen LogP contribution in [0.2, 0.25) is 0 Å². The Balaban J connectivity index is 2.14. The van der Waals surface area contributed by atoms with E-state index in [2.05, 4.69) is 10.3 Å². The minimum atomic E-state index is 0.767. The molecule has 0 bridgehead atoms. The first-order valence-electron chi connectivity index (χ1n) is 5.04. The molecule has 1 atom stereocenters. The number of hydrogen-bond acceptors (Lipinski definition) is 3. The van der Waals surface area contributed by atoms with Crippen molar-refractivity contribution < 1.29 is 4.74 Å². The Morgan fingerprint density at radius 3 is 2.69 bits per heavy atom. The molecule has 0 amide bonds. The van der Waals surface area contributed by atoms with Gasteiger partial charge in [0.25, 0.3) is 0 Å². The molecule has 16 heavy (non-hydrogen) atoms. The number of nitrogens with zero attached hydrogens (tertiary/aromatic N) is 3. The molecule has 0 fully saturated rings. The SMILES string of the molecule is COc1ccc(Cn2nncc2C[AsH2])cc1. The summed E-state index contributed by atoms with van der Waals surface area (Å²) in [7, 11) is 1.67. The number of methoxy groups -OCH3 is 1. The molecule has 0 N–H and O–H groups in total. The molecule has 0 radical (unpaired) electrons. The molecule has 5 heteroatoms. The van der Waals surface area contributed by atoms with Gasteiger partial charge in [-0.3, -0.25) is 0 Å². The number of ether oxygens (including phenoxy) is 1. The summed E-state index contributed by atoms with van der Waals surface area (Å²) < 4.78 is 7.05. The third kappa shape index (κ3) is 2.45. The molecule has 0 aliphatic carbocycles. The minimum absolute atomic E-state index is 0.767. The monoisotopic (exact) mass is 279 g/mol. The average Bonchev–Trinajstić information content (AvgIpc) is 2.77. The summed E-state index contributed by atoms with van der Waals surface area (Å²) in [6.45, 7) is 0.767. The van der Waals surface area contributed by atoms with Crippen molar-refractivity contribution in [2.75, 3.05) is 7.11 Å². The molecule has 2 aromatic rings. The van der Waals surface area contributed by atoms with Crippen molar-refractivity contribution in [3.8, 4) is 5.75 Å². The molecule has 4 nitrogen and oxygen atoms in total. The third-order valence-corrected chi connectivity index (χ3v) is 3.28. The van der Waals surface area contributed by atoms with Gasteiger partial charge in [-0.2, -0.15) is 0 Å². The van der Waals surface area contributed by atoms with Crippen molar-refractivity contribution >= 4 is 16.9 Å². The number of hydrogen-bond donors (Lipinski definition) is 0. The molecular weight excluding hydrogens is 265 g/mol. The van der Waals surface area contributed by atoms with Gasteiger partial charge in [0.05, 0.1) is 0 Å². The molecule has 0 saturated carbocycles. The van der Waals surface area contributed by atoms with Gasteiger partial charge in [0.2, 0.25) is 0 Å². The maximum atomic E-state index is 5.12. The third-order valence-electron chi connectivity index (χ3n) is 2.40. The van der Waals surface area contributed by atoms with Crippen LogP contribution in [0.4, 0.5) is 0 Å². The standard InChI is InChI=1S/C11H14AsN3O/c1-16-11-4-2-9(3-5-11)8-15-10(6-12)7-13-14-15/h2-5,7H,6,8,12H2,1H3. The summed E-state index contributed by atoms with van der Waals surface area (Å²) in [5.74, 6) is 0.876. The van der Waals surface area contributed by atoms with Crippen LogP contribution < -0.4 is 4.74 Å². The van der Waals surface area contributed by atoms with E-state index in [1.165, 1.54) is 11.3 Å². The van der Waals surface area contributed by atoms with Crippen LogP contribution in [0.3, 0.4) is 0 Å². The molecule has 1 aromatic carbocycles. The Morgan fingerprint density at radius 2 is 2.06 bits per heavy atom. The van der Waals surface area contributed by atoms with Crippen LogP contribution in [0.1, 0.15) is 11.3 Å². The molecular formula is C11H14AsN3O. The van der Waals surface area contributed by atoms with Crippen LogP contribution >= 0.6 is 0 Å². The Hall–Kier alpha value is -1.28. The summed E-state index contributed by atoms with van der Waals surface area (Å²) in [5.41, 5.74) is 2.38. The van der Waals surface area contributed by atoms with Gasteiger partial charge >= 0.3 is 103 Å². The molecule has 0 aliphatic heterocycles. The van der Waals surface area contributed by atoms with Crippen molar-refractivity contribution in [2.45, 2.75) is 11.8 Å². The predicted molar refractivity (Wildman–Crippen MR) is 64.4 cm³/mol. The molecule has 0 aliphatic rings. The van der Waals surface area contributed by atoms with E-state index >= 15 is 0 Å². The van der Waals surface area contributed by atoms with Crippen molar-refractivity contribution in [3.63, 3.8) is 0 Å². The molecule has 1 unspecified atom stereocenters. The summed E-state index contributed by atoms with van der Waals surface area (Å²) in [5, 5.41) is 9.00. The van der Waals surface area contributed by atoms with Crippen molar-refractivity contribution in [1.29, 1.82) is 0 Å². The first-order valence-corrected chi connectivity index (χ1v) is 6.75. The van der Waals surface area contributed by atoms with E-state index in [-0.39, 0.29) is 0 Å². The summed E-state index contributed by atoms with van der Waals surface area (Å²) in [4.78, 5) is 0. The molecule has 1 heterocycles. The average molecular weight is 279 g/mol. The van der Waals surface area contributed by atoms with E-state index in [1.54, 1.807) is 24.0 Å². The van der Waals surface area contributed by atoms with Gasteiger partial charge in [-0.1, -0.05) is 0 Å². The number of rotatable bonds is 4. The van der Waals surface area contributed by atoms with Crippen LogP contribution in [0.5, 0.6) is 5.75 Å². The van der Waals surface area contributed by atoms with E-state index in [0.29, 0.717) is 0 Å². The van der Waals surface area contributed by atoms with Crippen LogP contribution in [0.25, 0.3) is 0 Å². The fraction of sp³-hybridized carbons (Fsp3) is 0.273. The van der Waals surface area contributed by atoms with Crippen LogP contribution in [0.15, 0.2) is 30.5 Å². The normalized spacial score (nSPS) is 10.4. The second kappa shape index (κ2) is 5.17. The fourth-order valence-electron chi connectivity index (χ4n) is 1.47. The zero-order chi connectivity index (χ0) is 11.4. The Bertz CT molecular complexity index is 453. The van der Waals surface area contributed by atoms with Gasteiger partial charge in [-0.15, -0.1) is 0 Å². The van der Waals surface area contributed by atoms with Crippen LogP contribution in [-0.2, 0) is 11.8 Å².